The lowest BCUT2D eigenvalue weighted by atomic mass is 10.1. The average Bonchev–Trinajstić information content (AvgIpc) is 2.83. The van der Waals surface area contributed by atoms with Crippen LogP contribution in [0.5, 0.6) is 0 Å². The Morgan fingerprint density at radius 1 is 1.12 bits per heavy atom. The second-order valence-corrected chi connectivity index (χ2v) is 5.83. The lowest BCUT2D eigenvalue weighted by molar-refractivity contribution is -0.136. The molecule has 122 valence electrons. The van der Waals surface area contributed by atoms with Crippen LogP contribution in [-0.2, 0) is 11.2 Å². The Hall–Kier alpha value is -3.02. The highest BCUT2D eigenvalue weighted by Crippen LogP contribution is 2.28. The number of carboxylic acids is 1. The van der Waals surface area contributed by atoms with Crippen LogP contribution in [0.2, 0.25) is 0 Å². The summed E-state index contributed by atoms with van der Waals surface area (Å²) in [5.74, 6) is -0.489. The van der Waals surface area contributed by atoms with Gasteiger partial charge in [-0.05, 0) is 43.5 Å². The molecule has 0 atom stereocenters. The Bertz CT molecular complexity index is 937. The first-order valence-electron chi connectivity index (χ1n) is 7.63. The quantitative estimate of drug-likeness (QED) is 0.727. The maximum atomic E-state index is 11.1. The van der Waals surface area contributed by atoms with Crippen LogP contribution in [0.3, 0.4) is 0 Å². The minimum Gasteiger partial charge on any atom is -0.481 e. The molecule has 2 heterocycles. The molecule has 0 radical (unpaired) electrons. The van der Waals surface area contributed by atoms with Gasteiger partial charge in [-0.3, -0.25) is 9.20 Å². The van der Waals surface area contributed by atoms with E-state index in [2.05, 4.69) is 15.2 Å². The van der Waals surface area contributed by atoms with E-state index < -0.39 is 5.97 Å². The fraction of sp³-hybridized carbons (Fsp3) is 0.222. The molecule has 1 N–H and O–H groups in total. The summed E-state index contributed by atoms with van der Waals surface area (Å²) in [7, 11) is 0. The van der Waals surface area contributed by atoms with E-state index in [9.17, 15) is 4.79 Å². The van der Waals surface area contributed by atoms with Crippen molar-refractivity contribution in [3.8, 4) is 0 Å². The molecule has 0 spiro atoms. The molecule has 0 aliphatic carbocycles. The van der Waals surface area contributed by atoms with Crippen molar-refractivity contribution in [3.63, 3.8) is 0 Å². The Labute approximate surface area is 139 Å². The van der Waals surface area contributed by atoms with E-state index in [1.807, 2.05) is 57.3 Å². The number of nitrogens with zero attached hydrogens (tertiary/aromatic N) is 4. The van der Waals surface area contributed by atoms with Gasteiger partial charge in [-0.2, -0.15) is 0 Å². The van der Waals surface area contributed by atoms with Crippen LogP contribution in [0.4, 0.5) is 11.5 Å². The standard InChI is InChI=1S/C18H18N4O2/c1-11-7-8-15-19-14(9-16(23)24)18(22(15)10-11)21-20-17-12(2)5-4-6-13(17)3/h4-8,10H,9H2,1-3H3,(H,23,24). The van der Waals surface area contributed by atoms with Crippen molar-refractivity contribution in [1.82, 2.24) is 9.38 Å². The van der Waals surface area contributed by atoms with Crippen molar-refractivity contribution < 1.29 is 9.90 Å². The number of rotatable bonds is 4. The van der Waals surface area contributed by atoms with Gasteiger partial charge in [-0.1, -0.05) is 24.3 Å². The maximum Gasteiger partial charge on any atom is 0.309 e. The predicted molar refractivity (Wildman–Crippen MR) is 91.4 cm³/mol. The Morgan fingerprint density at radius 3 is 2.50 bits per heavy atom. The highest BCUT2D eigenvalue weighted by Gasteiger charge is 2.15. The summed E-state index contributed by atoms with van der Waals surface area (Å²) in [4.78, 5) is 15.5. The molecule has 24 heavy (non-hydrogen) atoms. The number of aryl methyl sites for hydroxylation is 3. The summed E-state index contributed by atoms with van der Waals surface area (Å²) in [6.07, 6.45) is 1.69. The summed E-state index contributed by atoms with van der Waals surface area (Å²) in [6, 6.07) is 9.69. The van der Waals surface area contributed by atoms with Crippen LogP contribution in [0, 0.1) is 20.8 Å². The zero-order valence-corrected chi connectivity index (χ0v) is 13.8. The fourth-order valence-electron chi connectivity index (χ4n) is 2.62. The molecular formula is C18H18N4O2. The summed E-state index contributed by atoms with van der Waals surface area (Å²) in [5.41, 5.74) is 4.93. The van der Waals surface area contributed by atoms with Gasteiger partial charge < -0.3 is 5.11 Å². The third-order valence-electron chi connectivity index (χ3n) is 3.81. The third kappa shape index (κ3) is 3.03. The topological polar surface area (TPSA) is 79.3 Å². The van der Waals surface area contributed by atoms with Gasteiger partial charge in [0.15, 0.2) is 5.82 Å². The fourth-order valence-corrected chi connectivity index (χ4v) is 2.62. The van der Waals surface area contributed by atoms with E-state index in [1.165, 1.54) is 0 Å². The van der Waals surface area contributed by atoms with Crippen LogP contribution in [0.25, 0.3) is 5.65 Å². The normalized spacial score (nSPS) is 11.5. The monoisotopic (exact) mass is 322 g/mol. The minimum atomic E-state index is -0.946. The Kier molecular flexibility index (Phi) is 4.12. The average molecular weight is 322 g/mol. The van der Waals surface area contributed by atoms with Gasteiger partial charge in [-0.25, -0.2) is 4.98 Å². The first-order chi connectivity index (χ1) is 11.5. The van der Waals surface area contributed by atoms with Crippen LogP contribution in [-0.4, -0.2) is 20.5 Å². The van der Waals surface area contributed by atoms with Crippen molar-refractivity contribution in [2.75, 3.05) is 0 Å². The molecule has 6 nitrogen and oxygen atoms in total. The SMILES string of the molecule is Cc1ccc2nc(CC(=O)O)c(N=Nc3c(C)cccc3C)n2c1. The first-order valence-corrected chi connectivity index (χ1v) is 7.63. The van der Waals surface area contributed by atoms with Crippen molar-refractivity contribution in [2.45, 2.75) is 27.2 Å². The molecular weight excluding hydrogens is 304 g/mol. The second-order valence-electron chi connectivity index (χ2n) is 5.83. The molecule has 2 aromatic heterocycles. The number of azo groups is 1. The lowest BCUT2D eigenvalue weighted by Crippen LogP contribution is -2.00. The number of hydrogen-bond acceptors (Lipinski definition) is 4. The molecule has 0 aliphatic heterocycles. The van der Waals surface area contributed by atoms with Crippen molar-refractivity contribution >= 4 is 23.1 Å². The van der Waals surface area contributed by atoms with Gasteiger partial charge in [-0.15, -0.1) is 10.2 Å². The van der Waals surface area contributed by atoms with E-state index in [-0.39, 0.29) is 6.42 Å². The summed E-state index contributed by atoms with van der Waals surface area (Å²) >= 11 is 0. The second kappa shape index (κ2) is 6.23. The van der Waals surface area contributed by atoms with Gasteiger partial charge in [0.05, 0.1) is 17.8 Å². The molecule has 6 heteroatoms. The molecule has 0 aliphatic rings. The molecule has 1 aromatic carbocycles. The zero-order chi connectivity index (χ0) is 17.3. The Balaban J connectivity index is 2.14. The number of carboxylic acid groups (broad SMARTS) is 1. The van der Waals surface area contributed by atoms with Crippen molar-refractivity contribution in [1.29, 1.82) is 0 Å². The number of aromatic nitrogens is 2. The molecule has 3 rings (SSSR count). The van der Waals surface area contributed by atoms with Crippen LogP contribution in [0.1, 0.15) is 22.4 Å². The first kappa shape index (κ1) is 15.9. The smallest absolute Gasteiger partial charge is 0.309 e. The largest absolute Gasteiger partial charge is 0.481 e. The third-order valence-corrected chi connectivity index (χ3v) is 3.81. The van der Waals surface area contributed by atoms with E-state index in [0.29, 0.717) is 17.2 Å². The minimum absolute atomic E-state index is 0.193. The summed E-state index contributed by atoms with van der Waals surface area (Å²) < 4.78 is 1.78. The highest BCUT2D eigenvalue weighted by molar-refractivity contribution is 5.72. The van der Waals surface area contributed by atoms with Gasteiger partial charge in [0.2, 0.25) is 0 Å². The number of hydrogen-bond donors (Lipinski definition) is 1. The predicted octanol–water partition coefficient (Wildman–Crippen LogP) is 4.30. The molecule has 0 bridgehead atoms. The number of imidazole rings is 1. The van der Waals surface area contributed by atoms with Gasteiger partial charge in [0, 0.05) is 6.20 Å². The number of benzene rings is 1. The highest BCUT2D eigenvalue weighted by atomic mass is 16.4. The molecule has 0 saturated carbocycles. The van der Waals surface area contributed by atoms with Gasteiger partial charge in [0.1, 0.15) is 5.65 Å². The van der Waals surface area contributed by atoms with Crippen molar-refractivity contribution in [3.05, 3.63) is 58.9 Å². The van der Waals surface area contributed by atoms with Crippen LogP contribution < -0.4 is 0 Å². The number of aliphatic carboxylic acids is 1. The van der Waals surface area contributed by atoms with E-state index in [0.717, 1.165) is 22.4 Å². The summed E-state index contributed by atoms with van der Waals surface area (Å²) in [5, 5.41) is 17.8. The molecule has 0 amide bonds. The molecule has 0 unspecified atom stereocenters. The van der Waals surface area contributed by atoms with E-state index in [4.69, 9.17) is 5.11 Å². The maximum absolute atomic E-state index is 11.1. The van der Waals surface area contributed by atoms with Crippen molar-refractivity contribution in [2.24, 2.45) is 10.2 Å². The number of pyridine rings is 1. The van der Waals surface area contributed by atoms with Gasteiger partial charge in [0.25, 0.3) is 0 Å². The number of fused-ring (bicyclic) bond motifs is 1. The number of carbonyl (C=O) groups is 1. The van der Waals surface area contributed by atoms with Gasteiger partial charge >= 0.3 is 5.97 Å². The Morgan fingerprint density at radius 2 is 1.83 bits per heavy atom. The molecule has 0 fully saturated rings. The van der Waals surface area contributed by atoms with E-state index >= 15 is 0 Å². The zero-order valence-electron chi connectivity index (χ0n) is 13.8. The van der Waals surface area contributed by atoms with E-state index in [1.54, 1.807) is 4.40 Å². The summed E-state index contributed by atoms with van der Waals surface area (Å²) in [6.45, 7) is 5.90. The molecule has 0 saturated heterocycles. The van der Waals surface area contributed by atoms with Crippen LogP contribution in [0.15, 0.2) is 46.8 Å². The van der Waals surface area contributed by atoms with Crippen LogP contribution >= 0.6 is 0 Å². The lowest BCUT2D eigenvalue weighted by Gasteiger charge is -2.03. The molecule has 3 aromatic rings.